The average Bonchev–Trinajstić information content (AvgIpc) is 2.79. The fourth-order valence-corrected chi connectivity index (χ4v) is 3.37. The summed E-state index contributed by atoms with van der Waals surface area (Å²) >= 11 is 0. The predicted octanol–water partition coefficient (Wildman–Crippen LogP) is 2.86. The molecular formula is C23H23N3O6. The molecule has 0 saturated heterocycles. The third-order valence-electron chi connectivity index (χ3n) is 5.21. The topological polar surface area (TPSA) is 148 Å². The summed E-state index contributed by atoms with van der Waals surface area (Å²) in [4.78, 5) is 36.1. The van der Waals surface area contributed by atoms with Crippen LogP contribution in [-0.4, -0.2) is 38.8 Å². The second kappa shape index (κ2) is 9.78. The van der Waals surface area contributed by atoms with Crippen molar-refractivity contribution in [3.63, 3.8) is 0 Å². The van der Waals surface area contributed by atoms with Crippen molar-refractivity contribution < 1.29 is 29.7 Å². The zero-order valence-corrected chi connectivity index (χ0v) is 17.3. The van der Waals surface area contributed by atoms with Crippen LogP contribution >= 0.6 is 0 Å². The lowest BCUT2D eigenvalue weighted by Gasteiger charge is -2.24. The van der Waals surface area contributed by atoms with Crippen molar-refractivity contribution in [1.82, 2.24) is 5.43 Å². The molecule has 0 fully saturated rings. The fraction of sp³-hybridized carbons (Fsp3) is 0.217. The van der Waals surface area contributed by atoms with Crippen molar-refractivity contribution in [1.29, 1.82) is 0 Å². The molecule has 0 heterocycles. The van der Waals surface area contributed by atoms with Gasteiger partial charge in [-0.25, -0.2) is 5.43 Å². The van der Waals surface area contributed by atoms with E-state index in [-0.39, 0.29) is 23.0 Å². The molecule has 5 N–H and O–H groups in total. The van der Waals surface area contributed by atoms with Gasteiger partial charge >= 0.3 is 5.97 Å². The third-order valence-corrected chi connectivity index (χ3v) is 5.21. The molecule has 0 saturated carbocycles. The van der Waals surface area contributed by atoms with Gasteiger partial charge in [0.1, 0.15) is 11.5 Å². The Morgan fingerprint density at radius 3 is 2.28 bits per heavy atom. The summed E-state index contributed by atoms with van der Waals surface area (Å²) in [5.41, 5.74) is 3.86. The maximum absolute atomic E-state index is 12.5. The van der Waals surface area contributed by atoms with E-state index in [2.05, 4.69) is 15.8 Å². The number of phenols is 2. The summed E-state index contributed by atoms with van der Waals surface area (Å²) in [6.45, 7) is 1.67. The molecule has 2 aromatic rings. The number of hydrazone groups is 1. The second-order valence-corrected chi connectivity index (χ2v) is 7.40. The monoisotopic (exact) mass is 437 g/mol. The van der Waals surface area contributed by atoms with E-state index in [0.29, 0.717) is 29.8 Å². The van der Waals surface area contributed by atoms with Gasteiger partial charge in [-0.2, -0.15) is 5.10 Å². The minimum Gasteiger partial charge on any atom is -0.508 e. The molecule has 2 atom stereocenters. The minimum absolute atomic E-state index is 0.114. The number of allylic oxidation sites excluding steroid dienone is 2. The Kier molecular flexibility index (Phi) is 6.89. The number of amides is 2. The largest absolute Gasteiger partial charge is 0.508 e. The van der Waals surface area contributed by atoms with Gasteiger partial charge in [0, 0.05) is 5.69 Å². The molecule has 0 spiro atoms. The summed E-state index contributed by atoms with van der Waals surface area (Å²) in [7, 11) is 0. The normalized spacial score (nSPS) is 18.1. The molecule has 0 radical (unpaired) electrons. The van der Waals surface area contributed by atoms with Crippen molar-refractivity contribution in [2.45, 2.75) is 19.8 Å². The number of phenolic OH excluding ortho intramolecular Hbond substituents is 2. The van der Waals surface area contributed by atoms with E-state index in [1.165, 1.54) is 12.1 Å². The van der Waals surface area contributed by atoms with Crippen LogP contribution in [0.15, 0.2) is 59.7 Å². The van der Waals surface area contributed by atoms with Crippen molar-refractivity contribution >= 4 is 29.2 Å². The highest BCUT2D eigenvalue weighted by atomic mass is 16.4. The van der Waals surface area contributed by atoms with E-state index in [1.807, 2.05) is 6.08 Å². The van der Waals surface area contributed by atoms with Crippen LogP contribution in [0, 0.1) is 11.8 Å². The smallest absolute Gasteiger partial charge is 0.307 e. The average molecular weight is 437 g/mol. The van der Waals surface area contributed by atoms with Gasteiger partial charge in [-0.15, -0.1) is 0 Å². The van der Waals surface area contributed by atoms with Gasteiger partial charge in [-0.05, 0) is 55.7 Å². The SMILES string of the molecule is C/C(=N\NC(=O)c1cc(O)ccc1O)c1ccc(NC(=O)C2CC=CCC2C(=O)O)cc1. The first-order valence-corrected chi connectivity index (χ1v) is 9.92. The lowest BCUT2D eigenvalue weighted by molar-refractivity contribution is -0.146. The quantitative estimate of drug-likeness (QED) is 0.203. The summed E-state index contributed by atoms with van der Waals surface area (Å²) < 4.78 is 0. The highest BCUT2D eigenvalue weighted by Gasteiger charge is 2.33. The van der Waals surface area contributed by atoms with Gasteiger partial charge in [0.15, 0.2) is 0 Å². The highest BCUT2D eigenvalue weighted by molar-refractivity contribution is 6.02. The summed E-state index contributed by atoms with van der Waals surface area (Å²) in [6, 6.07) is 10.3. The van der Waals surface area contributed by atoms with E-state index in [0.717, 1.165) is 6.07 Å². The van der Waals surface area contributed by atoms with Crippen LogP contribution in [0.3, 0.4) is 0 Å². The Morgan fingerprint density at radius 1 is 0.969 bits per heavy atom. The van der Waals surface area contributed by atoms with Gasteiger partial charge < -0.3 is 20.6 Å². The summed E-state index contributed by atoms with van der Waals surface area (Å²) in [5, 5.41) is 35.3. The second-order valence-electron chi connectivity index (χ2n) is 7.40. The Bertz CT molecular complexity index is 1090. The Morgan fingerprint density at radius 2 is 1.62 bits per heavy atom. The molecule has 0 aromatic heterocycles. The zero-order chi connectivity index (χ0) is 23.3. The van der Waals surface area contributed by atoms with E-state index in [9.17, 15) is 29.7 Å². The number of carbonyl (C=O) groups excluding carboxylic acids is 2. The standard InChI is InChI=1S/C23H23N3O6/c1-13(25-26-22(30)19-12-16(27)10-11-20(19)28)14-6-8-15(9-7-14)24-21(29)17-4-2-3-5-18(17)23(31)32/h2-3,6-12,17-18,27-28H,4-5H2,1H3,(H,24,29)(H,26,30)(H,31,32)/b25-13+. The first kappa shape index (κ1) is 22.5. The van der Waals surface area contributed by atoms with Crippen LogP contribution in [0.2, 0.25) is 0 Å². The molecular weight excluding hydrogens is 414 g/mol. The Labute approximate surface area is 184 Å². The number of nitrogens with one attached hydrogen (secondary N) is 2. The fourth-order valence-electron chi connectivity index (χ4n) is 3.37. The summed E-state index contributed by atoms with van der Waals surface area (Å²) in [6.07, 6.45) is 4.30. The lowest BCUT2D eigenvalue weighted by atomic mass is 9.82. The number of rotatable bonds is 6. The number of nitrogens with zero attached hydrogens (tertiary/aromatic N) is 1. The van der Waals surface area contributed by atoms with Gasteiger partial charge in [-0.1, -0.05) is 24.3 Å². The molecule has 0 bridgehead atoms. The highest BCUT2D eigenvalue weighted by Crippen LogP contribution is 2.27. The van der Waals surface area contributed by atoms with E-state index >= 15 is 0 Å². The van der Waals surface area contributed by atoms with Crippen LogP contribution in [0.5, 0.6) is 11.5 Å². The first-order chi connectivity index (χ1) is 15.3. The lowest BCUT2D eigenvalue weighted by Crippen LogP contribution is -2.34. The number of carboxylic acid groups (broad SMARTS) is 1. The molecule has 1 aliphatic rings. The first-order valence-electron chi connectivity index (χ1n) is 9.92. The van der Waals surface area contributed by atoms with Gasteiger partial charge in [0.25, 0.3) is 5.91 Å². The number of carbonyl (C=O) groups is 3. The zero-order valence-electron chi connectivity index (χ0n) is 17.3. The molecule has 9 heteroatoms. The van der Waals surface area contributed by atoms with Crippen molar-refractivity contribution in [3.8, 4) is 11.5 Å². The van der Waals surface area contributed by atoms with Crippen LogP contribution in [-0.2, 0) is 9.59 Å². The van der Waals surface area contributed by atoms with E-state index < -0.39 is 23.7 Å². The molecule has 3 rings (SSSR count). The molecule has 2 amide bonds. The number of anilines is 1. The maximum Gasteiger partial charge on any atom is 0.307 e. The molecule has 166 valence electrons. The molecule has 32 heavy (non-hydrogen) atoms. The number of hydrogen-bond donors (Lipinski definition) is 5. The van der Waals surface area contributed by atoms with Crippen LogP contribution in [0.4, 0.5) is 5.69 Å². The predicted molar refractivity (Wildman–Crippen MR) is 118 cm³/mol. The number of aliphatic carboxylic acids is 1. The maximum atomic E-state index is 12.5. The van der Waals surface area contributed by atoms with Gasteiger partial charge in [0.05, 0.1) is 23.1 Å². The van der Waals surface area contributed by atoms with Gasteiger partial charge in [0.2, 0.25) is 5.91 Å². The molecule has 9 nitrogen and oxygen atoms in total. The van der Waals surface area contributed by atoms with E-state index in [1.54, 1.807) is 37.3 Å². The number of carboxylic acids is 1. The van der Waals surface area contributed by atoms with Crippen molar-refractivity contribution in [3.05, 3.63) is 65.7 Å². The van der Waals surface area contributed by atoms with Gasteiger partial charge in [-0.3, -0.25) is 14.4 Å². The molecule has 2 aromatic carbocycles. The van der Waals surface area contributed by atoms with E-state index in [4.69, 9.17) is 0 Å². The van der Waals surface area contributed by atoms with Crippen LogP contribution in [0.25, 0.3) is 0 Å². The minimum atomic E-state index is -0.988. The molecule has 1 aliphatic carbocycles. The number of aromatic hydroxyl groups is 2. The summed E-state index contributed by atoms with van der Waals surface area (Å²) in [5.74, 6) is -3.85. The van der Waals surface area contributed by atoms with Crippen molar-refractivity contribution in [2.24, 2.45) is 16.9 Å². The Balaban J connectivity index is 1.64. The van der Waals surface area contributed by atoms with Crippen LogP contribution < -0.4 is 10.7 Å². The number of benzene rings is 2. The van der Waals surface area contributed by atoms with Crippen molar-refractivity contribution in [2.75, 3.05) is 5.32 Å². The third kappa shape index (κ3) is 5.31. The molecule has 2 unspecified atom stereocenters. The number of hydrogen-bond acceptors (Lipinski definition) is 6. The molecule has 0 aliphatic heterocycles. The Hall–Kier alpha value is -4.14. The van der Waals surface area contributed by atoms with Crippen LogP contribution in [0.1, 0.15) is 35.7 Å².